The lowest BCUT2D eigenvalue weighted by molar-refractivity contribution is -0.183. The van der Waals surface area contributed by atoms with E-state index in [1.807, 2.05) is 0 Å². The van der Waals surface area contributed by atoms with Gasteiger partial charge in [0.1, 0.15) is 0 Å². The second-order valence-electron chi connectivity index (χ2n) is 2.24. The van der Waals surface area contributed by atoms with Gasteiger partial charge in [0, 0.05) is 5.38 Å². The molecule has 0 aromatic carbocycles. The largest absolute Gasteiger partial charge is 0.477 e. The number of aliphatic hydroxyl groups is 1. The van der Waals surface area contributed by atoms with Crippen molar-refractivity contribution in [3.05, 3.63) is 16.6 Å². The first-order valence-electron chi connectivity index (χ1n) is 3.13. The van der Waals surface area contributed by atoms with E-state index in [0.29, 0.717) is 0 Å². The molecule has 0 spiro atoms. The molecule has 13 heavy (non-hydrogen) atoms. The zero-order valence-corrected chi connectivity index (χ0v) is 6.96. The Hall–Kier alpha value is -1.08. The molecule has 0 radical (unpaired) electrons. The highest BCUT2D eigenvalue weighted by Crippen LogP contribution is 2.30. The summed E-state index contributed by atoms with van der Waals surface area (Å²) in [6.07, 6.45) is -2.39. The van der Waals surface area contributed by atoms with Crippen molar-refractivity contribution in [2.45, 2.75) is 12.0 Å². The van der Waals surface area contributed by atoms with Gasteiger partial charge in [0.25, 0.3) is 0 Å². The molecule has 0 aliphatic rings. The number of nitrogens with zero attached hydrogens (tertiary/aromatic N) is 1. The number of thiazole rings is 1. The second-order valence-corrected chi connectivity index (χ2v) is 2.96. The van der Waals surface area contributed by atoms with Crippen molar-refractivity contribution in [1.29, 1.82) is 0 Å². The van der Waals surface area contributed by atoms with Crippen LogP contribution < -0.4 is 0 Å². The number of halogens is 2. The van der Waals surface area contributed by atoms with Gasteiger partial charge in [-0.25, -0.2) is 9.78 Å². The molecule has 1 atom stereocenters. The third-order valence-electron chi connectivity index (χ3n) is 1.36. The molecule has 0 saturated carbocycles. The number of aromatic nitrogens is 1. The molecule has 0 aliphatic heterocycles. The fraction of sp³-hybridized carbons (Fsp3) is 0.333. The van der Waals surface area contributed by atoms with E-state index in [-0.39, 0.29) is 5.69 Å². The van der Waals surface area contributed by atoms with Gasteiger partial charge in [-0.2, -0.15) is 8.78 Å². The van der Waals surface area contributed by atoms with Crippen LogP contribution in [0.25, 0.3) is 0 Å². The first kappa shape index (κ1) is 10.0. The minimum atomic E-state index is -4.20. The molecule has 4 nitrogen and oxygen atoms in total. The van der Waals surface area contributed by atoms with Crippen LogP contribution in [0.3, 0.4) is 0 Å². The number of carboxylic acids is 1. The Morgan fingerprint density at radius 2 is 2.31 bits per heavy atom. The number of rotatable bonds is 3. The van der Waals surface area contributed by atoms with Crippen molar-refractivity contribution in [3.63, 3.8) is 0 Å². The fourth-order valence-electron chi connectivity index (χ4n) is 0.660. The van der Waals surface area contributed by atoms with Gasteiger partial charge < -0.3 is 10.2 Å². The molecule has 0 fully saturated rings. The number of carbonyl (C=O) groups is 1. The van der Waals surface area contributed by atoms with Crippen LogP contribution in [0.5, 0.6) is 0 Å². The molecule has 7 heteroatoms. The fourth-order valence-corrected chi connectivity index (χ4v) is 1.23. The summed E-state index contributed by atoms with van der Waals surface area (Å²) in [5.74, 6) is -6.57. The molecule has 1 rings (SSSR count). The maximum absolute atomic E-state index is 12.6. The zero-order valence-electron chi connectivity index (χ0n) is 6.15. The maximum atomic E-state index is 12.6. The minimum absolute atomic E-state index is 0.336. The van der Waals surface area contributed by atoms with E-state index in [4.69, 9.17) is 10.2 Å². The van der Waals surface area contributed by atoms with E-state index >= 15 is 0 Å². The van der Waals surface area contributed by atoms with Crippen molar-refractivity contribution in [1.82, 2.24) is 4.98 Å². The maximum Gasteiger partial charge on any atom is 0.377 e. The highest BCUT2D eigenvalue weighted by atomic mass is 32.1. The van der Waals surface area contributed by atoms with Gasteiger partial charge in [0.2, 0.25) is 0 Å². The van der Waals surface area contributed by atoms with Crippen molar-refractivity contribution in [2.75, 3.05) is 0 Å². The van der Waals surface area contributed by atoms with Crippen molar-refractivity contribution in [3.8, 4) is 0 Å². The average Bonchev–Trinajstić information content (AvgIpc) is 2.54. The van der Waals surface area contributed by atoms with E-state index < -0.39 is 18.0 Å². The first-order chi connectivity index (χ1) is 5.96. The van der Waals surface area contributed by atoms with Gasteiger partial charge in [0.05, 0.1) is 11.2 Å². The molecule has 1 aromatic rings. The molecule has 1 unspecified atom stereocenters. The standard InChI is InChI=1S/C6H5F2NO3S/c7-6(8,5(11)12)4(10)3-1-13-2-9-3/h1-2,4,10H,(H,11,12). The summed E-state index contributed by atoms with van der Waals surface area (Å²) in [6.45, 7) is 0. The number of aliphatic carboxylic acids is 1. The van der Waals surface area contributed by atoms with Crippen molar-refractivity contribution >= 4 is 17.3 Å². The lowest BCUT2D eigenvalue weighted by atomic mass is 10.1. The lowest BCUT2D eigenvalue weighted by Gasteiger charge is -2.15. The summed E-state index contributed by atoms with van der Waals surface area (Å²) < 4.78 is 25.2. The smallest absolute Gasteiger partial charge is 0.377 e. The molecule has 1 heterocycles. The predicted molar refractivity (Wildman–Crippen MR) is 39.7 cm³/mol. The van der Waals surface area contributed by atoms with Crippen LogP contribution in [0.2, 0.25) is 0 Å². The van der Waals surface area contributed by atoms with Crippen LogP contribution in [0, 0.1) is 0 Å². The van der Waals surface area contributed by atoms with E-state index in [9.17, 15) is 13.6 Å². The summed E-state index contributed by atoms with van der Waals surface area (Å²) in [6, 6.07) is 0. The number of carboxylic acid groups (broad SMARTS) is 1. The van der Waals surface area contributed by atoms with Crippen LogP contribution in [0.1, 0.15) is 11.8 Å². The van der Waals surface area contributed by atoms with Crippen LogP contribution in [-0.4, -0.2) is 27.1 Å². The molecular formula is C6H5F2NO3S. The van der Waals surface area contributed by atoms with Crippen LogP contribution >= 0.6 is 11.3 Å². The van der Waals surface area contributed by atoms with Crippen molar-refractivity contribution < 1.29 is 23.8 Å². The summed E-state index contributed by atoms with van der Waals surface area (Å²) in [7, 11) is 0. The van der Waals surface area contributed by atoms with Crippen LogP contribution in [0.15, 0.2) is 10.9 Å². The summed E-state index contributed by atoms with van der Waals surface area (Å²) in [5, 5.41) is 18.2. The summed E-state index contributed by atoms with van der Waals surface area (Å²) in [5.41, 5.74) is 0.897. The van der Waals surface area contributed by atoms with Crippen molar-refractivity contribution in [2.24, 2.45) is 0 Å². The molecule has 0 bridgehead atoms. The van der Waals surface area contributed by atoms with Gasteiger partial charge >= 0.3 is 11.9 Å². The monoisotopic (exact) mass is 209 g/mol. The zero-order chi connectivity index (χ0) is 10.1. The Balaban J connectivity index is 2.90. The van der Waals surface area contributed by atoms with Gasteiger partial charge in [-0.05, 0) is 0 Å². The Bertz CT molecular complexity index is 301. The van der Waals surface area contributed by atoms with Gasteiger partial charge in [-0.1, -0.05) is 0 Å². The minimum Gasteiger partial charge on any atom is -0.477 e. The Labute approximate surface area is 75.5 Å². The first-order valence-corrected chi connectivity index (χ1v) is 4.08. The predicted octanol–water partition coefficient (Wildman–Crippen LogP) is 0.896. The highest BCUT2D eigenvalue weighted by Gasteiger charge is 2.48. The number of aliphatic hydroxyl groups excluding tert-OH is 1. The molecule has 1 aromatic heterocycles. The lowest BCUT2D eigenvalue weighted by Crippen LogP contribution is -2.35. The molecule has 0 amide bonds. The molecular weight excluding hydrogens is 204 g/mol. The third kappa shape index (κ3) is 1.81. The van der Waals surface area contributed by atoms with E-state index in [2.05, 4.69) is 4.98 Å². The number of hydrogen-bond donors (Lipinski definition) is 2. The normalized spacial score (nSPS) is 14.1. The average molecular weight is 209 g/mol. The van der Waals surface area contributed by atoms with E-state index in [1.165, 1.54) is 10.9 Å². The molecule has 72 valence electrons. The topological polar surface area (TPSA) is 70.4 Å². The Morgan fingerprint density at radius 3 is 2.69 bits per heavy atom. The quantitative estimate of drug-likeness (QED) is 0.775. The van der Waals surface area contributed by atoms with Gasteiger partial charge in [-0.3, -0.25) is 0 Å². The SMILES string of the molecule is O=C(O)C(F)(F)C(O)c1cscn1. The number of alkyl halides is 2. The Morgan fingerprint density at radius 1 is 1.69 bits per heavy atom. The molecule has 0 aliphatic carbocycles. The second kappa shape index (κ2) is 3.35. The van der Waals surface area contributed by atoms with Gasteiger partial charge in [-0.15, -0.1) is 11.3 Å². The van der Waals surface area contributed by atoms with E-state index in [1.54, 1.807) is 0 Å². The summed E-state index contributed by atoms with van der Waals surface area (Å²) >= 11 is 0.998. The van der Waals surface area contributed by atoms with Crippen LogP contribution in [-0.2, 0) is 4.79 Å². The van der Waals surface area contributed by atoms with E-state index in [0.717, 1.165) is 11.3 Å². The van der Waals surface area contributed by atoms with Gasteiger partial charge in [0.15, 0.2) is 6.10 Å². The Kier molecular flexibility index (Phi) is 2.58. The highest BCUT2D eigenvalue weighted by molar-refractivity contribution is 7.07. The summed E-state index contributed by atoms with van der Waals surface area (Å²) in [4.78, 5) is 13.4. The molecule has 0 saturated heterocycles. The number of hydrogen-bond acceptors (Lipinski definition) is 4. The molecule has 2 N–H and O–H groups in total. The van der Waals surface area contributed by atoms with Crippen LogP contribution in [0.4, 0.5) is 8.78 Å². The third-order valence-corrected chi connectivity index (χ3v) is 1.96.